The number of nitrogens with zero attached hydrogens (tertiary/aromatic N) is 1. The number of ether oxygens (including phenoxy) is 1. The molecule has 0 heterocycles. The molecule has 0 radical (unpaired) electrons. The highest BCUT2D eigenvalue weighted by Gasteiger charge is 2.11. The minimum Gasteiger partial charge on any atom is -0.373 e. The van der Waals surface area contributed by atoms with Crippen LogP contribution in [-0.2, 0) is 11.3 Å². The lowest BCUT2D eigenvalue weighted by atomic mass is 10.1. The number of nitro groups is 1. The third-order valence-corrected chi connectivity index (χ3v) is 2.34. The third kappa shape index (κ3) is 3.29. The standard InChI is InChI=1S/C11H16N2O3/c1-8-3-4-10(5-11(8)13(14)15)7-16-9(2)6-12/h3-5,9H,6-7,12H2,1-2H3. The number of nitrogens with two attached hydrogens (primary N) is 1. The second kappa shape index (κ2) is 5.58. The van der Waals surface area contributed by atoms with Crippen molar-refractivity contribution < 1.29 is 9.66 Å². The van der Waals surface area contributed by atoms with E-state index >= 15 is 0 Å². The van der Waals surface area contributed by atoms with Crippen LogP contribution in [0, 0.1) is 17.0 Å². The van der Waals surface area contributed by atoms with Crippen molar-refractivity contribution >= 4 is 5.69 Å². The number of hydrogen-bond acceptors (Lipinski definition) is 4. The lowest BCUT2D eigenvalue weighted by molar-refractivity contribution is -0.385. The molecule has 1 aromatic carbocycles. The summed E-state index contributed by atoms with van der Waals surface area (Å²) in [6.45, 7) is 4.36. The normalized spacial score (nSPS) is 12.4. The molecular weight excluding hydrogens is 208 g/mol. The van der Waals surface area contributed by atoms with E-state index in [2.05, 4.69) is 0 Å². The summed E-state index contributed by atoms with van der Waals surface area (Å²) < 4.78 is 5.40. The van der Waals surface area contributed by atoms with Crippen LogP contribution in [0.25, 0.3) is 0 Å². The van der Waals surface area contributed by atoms with Crippen molar-refractivity contribution in [1.29, 1.82) is 0 Å². The van der Waals surface area contributed by atoms with Gasteiger partial charge in [0, 0.05) is 18.2 Å². The van der Waals surface area contributed by atoms with Crippen LogP contribution >= 0.6 is 0 Å². The van der Waals surface area contributed by atoms with Gasteiger partial charge in [-0.1, -0.05) is 12.1 Å². The fourth-order valence-corrected chi connectivity index (χ4v) is 1.25. The molecule has 1 unspecified atom stereocenters. The van der Waals surface area contributed by atoms with E-state index in [1.807, 2.05) is 13.0 Å². The molecule has 88 valence electrons. The molecule has 1 rings (SSSR count). The van der Waals surface area contributed by atoms with Gasteiger partial charge in [-0.15, -0.1) is 0 Å². The molecule has 0 aliphatic heterocycles. The van der Waals surface area contributed by atoms with E-state index in [0.717, 1.165) is 5.56 Å². The first-order chi connectivity index (χ1) is 7.54. The Labute approximate surface area is 94.4 Å². The molecule has 0 aliphatic carbocycles. The Kier molecular flexibility index (Phi) is 4.39. The molecule has 5 heteroatoms. The van der Waals surface area contributed by atoms with Crippen LogP contribution in [0.2, 0.25) is 0 Å². The van der Waals surface area contributed by atoms with Gasteiger partial charge in [0.15, 0.2) is 0 Å². The summed E-state index contributed by atoms with van der Waals surface area (Å²) in [5, 5.41) is 10.7. The molecule has 1 aromatic rings. The number of aryl methyl sites for hydroxylation is 1. The van der Waals surface area contributed by atoms with Gasteiger partial charge in [-0.2, -0.15) is 0 Å². The smallest absolute Gasteiger partial charge is 0.272 e. The minimum atomic E-state index is -0.384. The fourth-order valence-electron chi connectivity index (χ4n) is 1.25. The molecule has 0 fully saturated rings. The largest absolute Gasteiger partial charge is 0.373 e. The highest BCUT2D eigenvalue weighted by atomic mass is 16.6. The van der Waals surface area contributed by atoms with E-state index in [-0.39, 0.29) is 16.7 Å². The second-order valence-corrected chi connectivity index (χ2v) is 3.74. The Morgan fingerprint density at radius 3 is 2.81 bits per heavy atom. The van der Waals surface area contributed by atoms with E-state index < -0.39 is 0 Å². The molecule has 0 saturated carbocycles. The first-order valence-electron chi connectivity index (χ1n) is 5.10. The third-order valence-electron chi connectivity index (χ3n) is 2.34. The quantitative estimate of drug-likeness (QED) is 0.610. The summed E-state index contributed by atoms with van der Waals surface area (Å²) in [6, 6.07) is 5.09. The van der Waals surface area contributed by atoms with Gasteiger partial charge in [0.05, 0.1) is 17.6 Å². The molecule has 0 saturated heterocycles. The Bertz CT molecular complexity index is 379. The topological polar surface area (TPSA) is 78.4 Å². The van der Waals surface area contributed by atoms with Gasteiger partial charge < -0.3 is 10.5 Å². The monoisotopic (exact) mass is 224 g/mol. The molecule has 0 aliphatic rings. The van der Waals surface area contributed by atoms with Crippen LogP contribution in [0.15, 0.2) is 18.2 Å². The molecule has 2 N–H and O–H groups in total. The Morgan fingerprint density at radius 2 is 2.25 bits per heavy atom. The summed E-state index contributed by atoms with van der Waals surface area (Å²) in [7, 11) is 0. The molecule has 0 bridgehead atoms. The van der Waals surface area contributed by atoms with Crippen molar-refractivity contribution in [2.45, 2.75) is 26.6 Å². The van der Waals surface area contributed by atoms with Crippen molar-refractivity contribution in [2.24, 2.45) is 5.73 Å². The maximum absolute atomic E-state index is 10.7. The number of rotatable bonds is 5. The van der Waals surface area contributed by atoms with E-state index in [4.69, 9.17) is 10.5 Å². The Morgan fingerprint density at radius 1 is 1.56 bits per heavy atom. The minimum absolute atomic E-state index is 0.0413. The zero-order valence-electron chi connectivity index (χ0n) is 9.47. The predicted molar refractivity (Wildman–Crippen MR) is 61.1 cm³/mol. The zero-order valence-corrected chi connectivity index (χ0v) is 9.47. The van der Waals surface area contributed by atoms with E-state index in [9.17, 15) is 10.1 Å². The molecule has 0 amide bonds. The highest BCUT2D eigenvalue weighted by molar-refractivity contribution is 5.42. The molecule has 5 nitrogen and oxygen atoms in total. The van der Waals surface area contributed by atoms with Crippen LogP contribution in [0.3, 0.4) is 0 Å². The maximum atomic E-state index is 10.7. The number of nitro benzene ring substituents is 1. The number of benzene rings is 1. The highest BCUT2D eigenvalue weighted by Crippen LogP contribution is 2.19. The van der Waals surface area contributed by atoms with Crippen LogP contribution in [0.1, 0.15) is 18.1 Å². The molecule has 0 spiro atoms. The average Bonchev–Trinajstić information content (AvgIpc) is 2.27. The van der Waals surface area contributed by atoms with Crippen molar-refractivity contribution in [3.8, 4) is 0 Å². The summed E-state index contributed by atoms with van der Waals surface area (Å²) >= 11 is 0. The Hall–Kier alpha value is -1.46. The fraction of sp³-hybridized carbons (Fsp3) is 0.455. The van der Waals surface area contributed by atoms with Gasteiger partial charge in [0.2, 0.25) is 0 Å². The van der Waals surface area contributed by atoms with Crippen molar-refractivity contribution in [3.63, 3.8) is 0 Å². The Balaban J connectivity index is 2.75. The van der Waals surface area contributed by atoms with Gasteiger partial charge >= 0.3 is 0 Å². The molecule has 0 aromatic heterocycles. The van der Waals surface area contributed by atoms with Crippen molar-refractivity contribution in [2.75, 3.05) is 6.54 Å². The van der Waals surface area contributed by atoms with Crippen molar-refractivity contribution in [3.05, 3.63) is 39.4 Å². The molecular formula is C11H16N2O3. The van der Waals surface area contributed by atoms with Crippen LogP contribution in [0.4, 0.5) is 5.69 Å². The van der Waals surface area contributed by atoms with Gasteiger partial charge in [-0.25, -0.2) is 0 Å². The molecule has 16 heavy (non-hydrogen) atoms. The average molecular weight is 224 g/mol. The lowest BCUT2D eigenvalue weighted by Gasteiger charge is -2.10. The van der Waals surface area contributed by atoms with E-state index in [1.54, 1.807) is 19.1 Å². The van der Waals surface area contributed by atoms with Gasteiger partial charge in [-0.05, 0) is 19.4 Å². The van der Waals surface area contributed by atoms with Crippen LogP contribution < -0.4 is 5.73 Å². The van der Waals surface area contributed by atoms with Gasteiger partial charge in [-0.3, -0.25) is 10.1 Å². The van der Waals surface area contributed by atoms with Crippen molar-refractivity contribution in [1.82, 2.24) is 0 Å². The van der Waals surface area contributed by atoms with Gasteiger partial charge in [0.1, 0.15) is 0 Å². The number of hydrogen-bond donors (Lipinski definition) is 1. The SMILES string of the molecule is Cc1ccc(COC(C)CN)cc1[N+](=O)[O-]. The summed E-state index contributed by atoms with van der Waals surface area (Å²) in [5.41, 5.74) is 6.97. The zero-order chi connectivity index (χ0) is 12.1. The molecule has 1 atom stereocenters. The van der Waals surface area contributed by atoms with E-state index in [1.165, 1.54) is 0 Å². The first kappa shape index (κ1) is 12.6. The van der Waals surface area contributed by atoms with Crippen LogP contribution in [0.5, 0.6) is 0 Å². The summed E-state index contributed by atoms with van der Waals surface area (Å²) in [4.78, 5) is 10.3. The maximum Gasteiger partial charge on any atom is 0.272 e. The van der Waals surface area contributed by atoms with Gasteiger partial charge in [0.25, 0.3) is 5.69 Å². The predicted octanol–water partition coefficient (Wildman–Crippen LogP) is 1.77. The van der Waals surface area contributed by atoms with Crippen LogP contribution in [-0.4, -0.2) is 17.6 Å². The second-order valence-electron chi connectivity index (χ2n) is 3.74. The van der Waals surface area contributed by atoms with E-state index in [0.29, 0.717) is 18.7 Å². The lowest BCUT2D eigenvalue weighted by Crippen LogP contribution is -2.19. The summed E-state index contributed by atoms with van der Waals surface area (Å²) in [5.74, 6) is 0. The first-order valence-corrected chi connectivity index (χ1v) is 5.10. The summed E-state index contributed by atoms with van der Waals surface area (Å²) in [6.07, 6.45) is -0.0413.